The van der Waals surface area contributed by atoms with Crippen molar-refractivity contribution in [2.75, 3.05) is 13.6 Å². The first-order chi connectivity index (χ1) is 8.36. The van der Waals surface area contributed by atoms with Gasteiger partial charge in [0.1, 0.15) is 0 Å². The number of aromatic carboxylic acids is 1. The van der Waals surface area contributed by atoms with Crippen LogP contribution in [0.5, 0.6) is 0 Å². The normalized spacial score (nSPS) is 10.9. The predicted octanol–water partition coefficient (Wildman–Crippen LogP) is -0.591. The molecule has 0 saturated heterocycles. The largest absolute Gasteiger partial charge is 0.478 e. The maximum absolute atomic E-state index is 11.7. The molecular formula is C10H12N2O5S. The van der Waals surface area contributed by atoms with Crippen molar-refractivity contribution in [3.8, 4) is 0 Å². The number of benzene rings is 1. The molecule has 7 nitrogen and oxygen atoms in total. The summed E-state index contributed by atoms with van der Waals surface area (Å²) in [4.78, 5) is 21.4. The number of sulfonamides is 1. The van der Waals surface area contributed by atoms with E-state index in [2.05, 4.69) is 10.0 Å². The molecule has 0 bridgehead atoms. The van der Waals surface area contributed by atoms with Gasteiger partial charge in [-0.2, -0.15) is 0 Å². The number of hydrogen-bond acceptors (Lipinski definition) is 4. The highest BCUT2D eigenvalue weighted by Crippen LogP contribution is 2.10. The Morgan fingerprint density at radius 3 is 2.22 bits per heavy atom. The number of rotatable bonds is 5. The van der Waals surface area contributed by atoms with E-state index in [4.69, 9.17) is 5.11 Å². The summed E-state index contributed by atoms with van der Waals surface area (Å²) in [5.74, 6) is -1.61. The molecule has 0 spiro atoms. The zero-order chi connectivity index (χ0) is 13.8. The zero-order valence-electron chi connectivity index (χ0n) is 9.50. The summed E-state index contributed by atoms with van der Waals surface area (Å²) in [7, 11) is -2.42. The van der Waals surface area contributed by atoms with Crippen LogP contribution < -0.4 is 10.0 Å². The summed E-state index contributed by atoms with van der Waals surface area (Å²) in [5, 5.41) is 10.9. The van der Waals surface area contributed by atoms with Crippen molar-refractivity contribution in [2.45, 2.75) is 4.90 Å². The van der Waals surface area contributed by atoms with E-state index < -0.39 is 21.9 Å². The molecule has 0 aliphatic rings. The minimum atomic E-state index is -3.81. The molecule has 98 valence electrons. The highest BCUT2D eigenvalue weighted by molar-refractivity contribution is 7.89. The van der Waals surface area contributed by atoms with Crippen LogP contribution in [0.2, 0.25) is 0 Å². The lowest BCUT2D eigenvalue weighted by Crippen LogP contribution is -2.35. The molecule has 1 rings (SSSR count). The van der Waals surface area contributed by atoms with E-state index in [1.165, 1.54) is 19.2 Å². The third-order valence-electron chi connectivity index (χ3n) is 2.11. The molecule has 1 amide bonds. The quantitative estimate of drug-likeness (QED) is 0.663. The molecule has 0 aliphatic heterocycles. The van der Waals surface area contributed by atoms with Crippen LogP contribution in [-0.2, 0) is 14.8 Å². The number of carbonyl (C=O) groups is 2. The molecule has 0 fully saturated rings. The third kappa shape index (κ3) is 3.54. The SMILES string of the molecule is CNC(=O)CNS(=O)(=O)c1ccc(C(=O)O)cc1. The Hall–Kier alpha value is -1.93. The van der Waals surface area contributed by atoms with Gasteiger partial charge in [0.25, 0.3) is 0 Å². The van der Waals surface area contributed by atoms with Crippen molar-refractivity contribution >= 4 is 21.9 Å². The molecule has 18 heavy (non-hydrogen) atoms. The summed E-state index contributed by atoms with van der Waals surface area (Å²) in [6.07, 6.45) is 0. The van der Waals surface area contributed by atoms with Gasteiger partial charge in [-0.1, -0.05) is 0 Å². The van der Waals surface area contributed by atoms with Gasteiger partial charge in [-0.15, -0.1) is 0 Å². The lowest BCUT2D eigenvalue weighted by molar-refractivity contribution is -0.119. The van der Waals surface area contributed by atoms with Gasteiger partial charge in [-0.05, 0) is 24.3 Å². The van der Waals surface area contributed by atoms with Gasteiger partial charge >= 0.3 is 5.97 Å². The number of hydrogen-bond donors (Lipinski definition) is 3. The van der Waals surface area contributed by atoms with E-state index in [-0.39, 0.29) is 17.0 Å². The van der Waals surface area contributed by atoms with Crippen molar-refractivity contribution in [3.05, 3.63) is 29.8 Å². The summed E-state index contributed by atoms with van der Waals surface area (Å²) in [6, 6.07) is 4.68. The number of carbonyl (C=O) groups excluding carboxylic acids is 1. The molecule has 0 aliphatic carbocycles. The van der Waals surface area contributed by atoms with Crippen molar-refractivity contribution in [1.82, 2.24) is 10.0 Å². The maximum atomic E-state index is 11.7. The predicted molar refractivity (Wildman–Crippen MR) is 62.7 cm³/mol. The number of amides is 1. The molecule has 0 saturated carbocycles. The number of likely N-dealkylation sites (N-methyl/N-ethyl adjacent to an activating group) is 1. The highest BCUT2D eigenvalue weighted by atomic mass is 32.2. The standard InChI is InChI=1S/C10H12N2O5S/c1-11-9(13)6-12-18(16,17)8-4-2-7(3-5-8)10(14)15/h2-5,12H,6H2,1H3,(H,11,13)(H,14,15). The number of carboxylic acid groups (broad SMARTS) is 1. The second-order valence-electron chi connectivity index (χ2n) is 3.33. The molecule has 0 heterocycles. The van der Waals surface area contributed by atoms with Crippen LogP contribution in [0.3, 0.4) is 0 Å². The summed E-state index contributed by atoms with van der Waals surface area (Å²) in [6.45, 7) is -0.375. The first-order valence-corrected chi connectivity index (χ1v) is 6.39. The fourth-order valence-corrected chi connectivity index (χ4v) is 2.09. The van der Waals surface area contributed by atoms with Crippen molar-refractivity contribution in [2.24, 2.45) is 0 Å². The maximum Gasteiger partial charge on any atom is 0.335 e. The average molecular weight is 272 g/mol. The lowest BCUT2D eigenvalue weighted by Gasteiger charge is -2.06. The van der Waals surface area contributed by atoms with Gasteiger partial charge < -0.3 is 10.4 Å². The van der Waals surface area contributed by atoms with Crippen molar-refractivity contribution in [1.29, 1.82) is 0 Å². The molecule has 0 unspecified atom stereocenters. The summed E-state index contributed by atoms with van der Waals surface area (Å²) < 4.78 is 25.5. The fraction of sp³-hybridized carbons (Fsp3) is 0.200. The number of nitrogens with one attached hydrogen (secondary N) is 2. The molecular weight excluding hydrogens is 260 g/mol. The lowest BCUT2D eigenvalue weighted by atomic mass is 10.2. The Labute approximate surface area is 104 Å². The van der Waals surface area contributed by atoms with Crippen molar-refractivity contribution in [3.63, 3.8) is 0 Å². The van der Waals surface area contributed by atoms with E-state index in [9.17, 15) is 18.0 Å². The van der Waals surface area contributed by atoms with Gasteiger partial charge in [0.05, 0.1) is 17.0 Å². The molecule has 1 aromatic carbocycles. The molecule has 0 radical (unpaired) electrons. The van der Waals surface area contributed by atoms with Gasteiger partial charge in [-0.3, -0.25) is 4.79 Å². The minimum absolute atomic E-state index is 0.0137. The average Bonchev–Trinajstić information content (AvgIpc) is 2.36. The van der Waals surface area contributed by atoms with Gasteiger partial charge in [0.2, 0.25) is 15.9 Å². The Bertz CT molecular complexity index is 550. The first kappa shape index (κ1) is 14.1. The van der Waals surface area contributed by atoms with Crippen molar-refractivity contribution < 1.29 is 23.1 Å². The second kappa shape index (κ2) is 5.61. The smallest absolute Gasteiger partial charge is 0.335 e. The Morgan fingerprint density at radius 2 is 1.78 bits per heavy atom. The fourth-order valence-electron chi connectivity index (χ4n) is 1.11. The van der Waals surface area contributed by atoms with Gasteiger partial charge in [0, 0.05) is 7.05 Å². The van der Waals surface area contributed by atoms with Crippen LogP contribution in [0.4, 0.5) is 0 Å². The first-order valence-electron chi connectivity index (χ1n) is 4.90. The van der Waals surface area contributed by atoms with E-state index in [0.29, 0.717) is 0 Å². The monoisotopic (exact) mass is 272 g/mol. The summed E-state index contributed by atoms with van der Waals surface area (Å²) >= 11 is 0. The van der Waals surface area contributed by atoms with Crippen LogP contribution in [0, 0.1) is 0 Å². The van der Waals surface area contributed by atoms with E-state index in [1.807, 2.05) is 0 Å². The van der Waals surface area contributed by atoms with E-state index in [1.54, 1.807) is 0 Å². The Kier molecular flexibility index (Phi) is 4.40. The van der Waals surface area contributed by atoms with Crippen LogP contribution in [0.25, 0.3) is 0 Å². The van der Waals surface area contributed by atoms with Gasteiger partial charge in [0.15, 0.2) is 0 Å². The molecule has 0 atom stereocenters. The van der Waals surface area contributed by atoms with E-state index in [0.717, 1.165) is 12.1 Å². The minimum Gasteiger partial charge on any atom is -0.478 e. The van der Waals surface area contributed by atoms with E-state index >= 15 is 0 Å². The molecule has 1 aromatic rings. The van der Waals surface area contributed by atoms with Crippen LogP contribution >= 0.6 is 0 Å². The third-order valence-corrected chi connectivity index (χ3v) is 3.53. The van der Waals surface area contributed by atoms with Crippen LogP contribution in [-0.4, -0.2) is 39.0 Å². The highest BCUT2D eigenvalue weighted by Gasteiger charge is 2.15. The summed E-state index contributed by atoms with van der Waals surface area (Å²) in [5.41, 5.74) is -0.0137. The van der Waals surface area contributed by atoms with Crippen LogP contribution in [0.1, 0.15) is 10.4 Å². The molecule has 0 aromatic heterocycles. The number of carboxylic acids is 1. The van der Waals surface area contributed by atoms with Gasteiger partial charge in [-0.25, -0.2) is 17.9 Å². The molecule has 3 N–H and O–H groups in total. The Balaban J connectivity index is 2.85. The second-order valence-corrected chi connectivity index (χ2v) is 5.09. The topological polar surface area (TPSA) is 113 Å². The van der Waals surface area contributed by atoms with Crippen LogP contribution in [0.15, 0.2) is 29.2 Å². The zero-order valence-corrected chi connectivity index (χ0v) is 10.3. The Morgan fingerprint density at radius 1 is 1.22 bits per heavy atom. The molecule has 8 heteroatoms.